The zero-order valence-electron chi connectivity index (χ0n) is 8.95. The molecular formula is C13H14N2. The maximum atomic E-state index is 8.79. The number of hydrogen-bond acceptors (Lipinski definition) is 2. The summed E-state index contributed by atoms with van der Waals surface area (Å²) in [5, 5.41) is 17.5. The average molecular weight is 198 g/mol. The molecule has 0 N–H and O–H groups in total. The Kier molecular flexibility index (Phi) is 4.38. The van der Waals surface area contributed by atoms with Crippen LogP contribution in [0.25, 0.3) is 0 Å². The van der Waals surface area contributed by atoms with Crippen LogP contribution in [-0.2, 0) is 12.8 Å². The van der Waals surface area contributed by atoms with Crippen molar-refractivity contribution in [2.24, 2.45) is 0 Å². The Balaban J connectivity index is 2.96. The molecular weight excluding hydrogens is 184 g/mol. The van der Waals surface area contributed by atoms with Crippen molar-refractivity contribution >= 4 is 0 Å². The molecule has 15 heavy (non-hydrogen) atoms. The molecule has 2 nitrogen and oxygen atoms in total. The monoisotopic (exact) mass is 198 g/mol. The number of benzene rings is 1. The molecule has 0 aliphatic rings. The predicted octanol–water partition coefficient (Wildman–Crippen LogP) is 2.97. The predicted molar refractivity (Wildman–Crippen MR) is 59.1 cm³/mol. The first kappa shape index (κ1) is 11.3. The maximum Gasteiger partial charge on any atom is 0.0991 e. The summed E-state index contributed by atoms with van der Waals surface area (Å²) in [6.07, 6.45) is 3.63. The van der Waals surface area contributed by atoms with Crippen LogP contribution in [0.1, 0.15) is 36.5 Å². The summed E-state index contributed by atoms with van der Waals surface area (Å²) in [4.78, 5) is 0. The highest BCUT2D eigenvalue weighted by Gasteiger charge is 2.03. The molecule has 0 aliphatic carbocycles. The van der Waals surface area contributed by atoms with Gasteiger partial charge in [-0.25, -0.2) is 0 Å². The van der Waals surface area contributed by atoms with Gasteiger partial charge in [-0.3, -0.25) is 0 Å². The van der Waals surface area contributed by atoms with Gasteiger partial charge in [0.05, 0.1) is 24.1 Å². The highest BCUT2D eigenvalue weighted by atomic mass is 14.2. The summed E-state index contributed by atoms with van der Waals surface area (Å²) < 4.78 is 0. The molecule has 0 fully saturated rings. The fourth-order valence-corrected chi connectivity index (χ4v) is 1.55. The quantitative estimate of drug-likeness (QED) is 0.746. The van der Waals surface area contributed by atoms with Crippen molar-refractivity contribution in [2.45, 2.75) is 32.6 Å². The second kappa shape index (κ2) is 5.83. The van der Waals surface area contributed by atoms with E-state index in [0.29, 0.717) is 12.0 Å². The van der Waals surface area contributed by atoms with Gasteiger partial charge in [0.2, 0.25) is 0 Å². The van der Waals surface area contributed by atoms with Crippen LogP contribution >= 0.6 is 0 Å². The second-order valence-electron chi connectivity index (χ2n) is 3.53. The maximum absolute atomic E-state index is 8.79. The third kappa shape index (κ3) is 3.11. The molecule has 0 radical (unpaired) electrons. The van der Waals surface area contributed by atoms with Crippen molar-refractivity contribution in [1.82, 2.24) is 0 Å². The Morgan fingerprint density at radius 1 is 1.20 bits per heavy atom. The molecule has 0 aliphatic heterocycles. The molecule has 0 amide bonds. The van der Waals surface area contributed by atoms with Gasteiger partial charge >= 0.3 is 0 Å². The average Bonchev–Trinajstić information content (AvgIpc) is 2.28. The first-order valence-corrected chi connectivity index (χ1v) is 5.20. The lowest BCUT2D eigenvalue weighted by molar-refractivity contribution is 0.789. The number of unbranched alkanes of at least 4 members (excludes halogenated alkanes) is 1. The van der Waals surface area contributed by atoms with E-state index in [1.807, 2.05) is 12.1 Å². The fraction of sp³-hybridized carbons (Fsp3) is 0.385. The molecule has 0 bridgehead atoms. The summed E-state index contributed by atoms with van der Waals surface area (Å²) in [5.74, 6) is 0. The summed E-state index contributed by atoms with van der Waals surface area (Å²) in [7, 11) is 0. The minimum absolute atomic E-state index is 0.435. The largest absolute Gasteiger partial charge is 0.198 e. The van der Waals surface area contributed by atoms with Crippen LogP contribution in [0.5, 0.6) is 0 Å². The van der Waals surface area contributed by atoms with Gasteiger partial charge in [0.25, 0.3) is 0 Å². The Morgan fingerprint density at radius 3 is 2.60 bits per heavy atom. The lowest BCUT2D eigenvalue weighted by Gasteiger charge is -2.06. The molecule has 0 heterocycles. The van der Waals surface area contributed by atoms with Gasteiger partial charge in [0.1, 0.15) is 0 Å². The highest BCUT2D eigenvalue weighted by Crippen LogP contribution is 2.15. The molecule has 76 valence electrons. The van der Waals surface area contributed by atoms with Gasteiger partial charge in [-0.05, 0) is 36.1 Å². The van der Waals surface area contributed by atoms with Crippen LogP contribution in [0.3, 0.4) is 0 Å². The molecule has 0 saturated heterocycles. The Labute approximate surface area is 90.8 Å². The van der Waals surface area contributed by atoms with Crippen molar-refractivity contribution in [3.05, 3.63) is 34.9 Å². The first-order chi connectivity index (χ1) is 7.31. The van der Waals surface area contributed by atoms with Crippen LogP contribution in [0.15, 0.2) is 18.2 Å². The van der Waals surface area contributed by atoms with Crippen LogP contribution in [0.2, 0.25) is 0 Å². The Bertz CT molecular complexity index is 408. The minimum Gasteiger partial charge on any atom is -0.198 e. The second-order valence-corrected chi connectivity index (χ2v) is 3.53. The smallest absolute Gasteiger partial charge is 0.0991 e. The zero-order chi connectivity index (χ0) is 11.1. The van der Waals surface area contributed by atoms with Crippen LogP contribution in [0, 0.1) is 22.7 Å². The summed E-state index contributed by atoms with van der Waals surface area (Å²) in [6, 6.07) is 9.87. The van der Waals surface area contributed by atoms with Gasteiger partial charge in [-0.1, -0.05) is 19.4 Å². The lowest BCUT2D eigenvalue weighted by Crippen LogP contribution is -1.94. The number of rotatable bonds is 4. The van der Waals surface area contributed by atoms with E-state index < -0.39 is 0 Å². The molecule has 0 saturated carbocycles. The molecule has 0 unspecified atom stereocenters. The molecule has 2 heteroatoms. The van der Waals surface area contributed by atoms with E-state index in [1.54, 1.807) is 6.07 Å². The Morgan fingerprint density at radius 2 is 2.00 bits per heavy atom. The van der Waals surface area contributed by atoms with E-state index in [9.17, 15) is 0 Å². The van der Waals surface area contributed by atoms with E-state index >= 15 is 0 Å². The molecule has 0 spiro atoms. The number of nitrogens with zero attached hydrogens (tertiary/aromatic N) is 2. The third-order valence-corrected chi connectivity index (χ3v) is 2.40. The molecule has 1 rings (SSSR count). The first-order valence-electron chi connectivity index (χ1n) is 5.20. The van der Waals surface area contributed by atoms with E-state index in [4.69, 9.17) is 10.5 Å². The van der Waals surface area contributed by atoms with E-state index in [1.165, 1.54) is 0 Å². The van der Waals surface area contributed by atoms with E-state index in [-0.39, 0.29) is 0 Å². The van der Waals surface area contributed by atoms with Crippen LogP contribution in [-0.4, -0.2) is 0 Å². The molecule has 1 aromatic rings. The third-order valence-electron chi connectivity index (χ3n) is 2.40. The number of aryl methyl sites for hydroxylation is 1. The van der Waals surface area contributed by atoms with Crippen molar-refractivity contribution < 1.29 is 0 Å². The van der Waals surface area contributed by atoms with Gasteiger partial charge < -0.3 is 0 Å². The SMILES string of the molecule is CCCCc1cc(C#N)ccc1CC#N. The van der Waals surface area contributed by atoms with Crippen molar-refractivity contribution in [2.75, 3.05) is 0 Å². The van der Waals surface area contributed by atoms with Gasteiger partial charge in [-0.2, -0.15) is 10.5 Å². The Hall–Kier alpha value is -1.80. The fourth-order valence-electron chi connectivity index (χ4n) is 1.55. The van der Waals surface area contributed by atoms with Gasteiger partial charge in [0, 0.05) is 0 Å². The normalized spacial score (nSPS) is 9.27. The van der Waals surface area contributed by atoms with Crippen molar-refractivity contribution in [1.29, 1.82) is 10.5 Å². The van der Waals surface area contributed by atoms with Crippen LogP contribution in [0.4, 0.5) is 0 Å². The van der Waals surface area contributed by atoms with Crippen molar-refractivity contribution in [3.8, 4) is 12.1 Å². The zero-order valence-corrected chi connectivity index (χ0v) is 8.95. The van der Waals surface area contributed by atoms with Gasteiger partial charge in [0.15, 0.2) is 0 Å². The van der Waals surface area contributed by atoms with E-state index in [0.717, 1.165) is 30.4 Å². The molecule has 1 aromatic carbocycles. The number of hydrogen-bond donors (Lipinski definition) is 0. The van der Waals surface area contributed by atoms with E-state index in [2.05, 4.69) is 19.1 Å². The summed E-state index contributed by atoms with van der Waals surface area (Å²) in [5.41, 5.74) is 2.89. The lowest BCUT2D eigenvalue weighted by atomic mass is 9.98. The van der Waals surface area contributed by atoms with Crippen LogP contribution < -0.4 is 0 Å². The summed E-state index contributed by atoms with van der Waals surface area (Å²) in [6.45, 7) is 2.14. The number of nitriles is 2. The standard InChI is InChI=1S/C13H14N2/c1-2-3-4-13-9-11(10-15)5-6-12(13)7-8-14/h5-6,9H,2-4,7H2,1H3. The minimum atomic E-state index is 0.435. The van der Waals surface area contributed by atoms with Crippen molar-refractivity contribution in [3.63, 3.8) is 0 Å². The topological polar surface area (TPSA) is 47.6 Å². The molecule has 0 atom stereocenters. The highest BCUT2D eigenvalue weighted by molar-refractivity contribution is 5.39. The van der Waals surface area contributed by atoms with Gasteiger partial charge in [-0.15, -0.1) is 0 Å². The summed E-state index contributed by atoms with van der Waals surface area (Å²) >= 11 is 0. The molecule has 0 aromatic heterocycles.